The van der Waals surface area contributed by atoms with Crippen LogP contribution in [0.4, 0.5) is 0 Å². The number of benzene rings is 5. The van der Waals surface area contributed by atoms with Crippen molar-refractivity contribution in [1.82, 2.24) is 20.2 Å². The molecule has 0 aliphatic rings. The Morgan fingerprint density at radius 1 is 0.615 bits per heavy atom. The lowest BCUT2D eigenvalue weighted by molar-refractivity contribution is 0.395. The molecule has 0 atom stereocenters. The second-order valence-corrected chi connectivity index (χ2v) is 9.39. The van der Waals surface area contributed by atoms with Gasteiger partial charge in [0, 0.05) is 11.1 Å². The third-order valence-corrected chi connectivity index (χ3v) is 7.23. The number of rotatable bonds is 7. The highest BCUT2D eigenvalue weighted by Gasteiger charge is 2.41. The van der Waals surface area contributed by atoms with E-state index in [1.165, 1.54) is 0 Å². The van der Waals surface area contributed by atoms with Crippen molar-refractivity contribution in [1.29, 1.82) is 0 Å². The number of hydrogen-bond donors (Lipinski definition) is 0. The quantitative estimate of drug-likeness (QED) is 0.215. The van der Waals surface area contributed by atoms with E-state index in [2.05, 4.69) is 54.6 Å². The summed E-state index contributed by atoms with van der Waals surface area (Å²) in [4.78, 5) is 1.76. The van der Waals surface area contributed by atoms with Gasteiger partial charge in [0.05, 0.1) is 7.11 Å². The van der Waals surface area contributed by atoms with Gasteiger partial charge < -0.3 is 4.74 Å². The van der Waals surface area contributed by atoms with Gasteiger partial charge in [-0.1, -0.05) is 121 Å². The zero-order chi connectivity index (χ0) is 26.7. The predicted molar refractivity (Wildman–Crippen MR) is 155 cm³/mol. The van der Waals surface area contributed by atoms with E-state index in [1.54, 1.807) is 11.9 Å². The summed E-state index contributed by atoms with van der Waals surface area (Å²) in [7, 11) is 1.68. The molecule has 0 unspecified atom stereocenters. The van der Waals surface area contributed by atoms with Crippen molar-refractivity contribution in [2.75, 3.05) is 7.11 Å². The fourth-order valence-corrected chi connectivity index (χ4v) is 5.40. The van der Waals surface area contributed by atoms with Crippen molar-refractivity contribution in [3.8, 4) is 28.3 Å². The van der Waals surface area contributed by atoms with Crippen LogP contribution in [-0.4, -0.2) is 27.3 Å². The van der Waals surface area contributed by atoms with Crippen molar-refractivity contribution in [3.63, 3.8) is 0 Å². The number of aromatic nitrogens is 4. The van der Waals surface area contributed by atoms with Crippen LogP contribution in [0.5, 0.6) is 5.75 Å². The topological polar surface area (TPSA) is 52.8 Å². The van der Waals surface area contributed by atoms with Crippen molar-refractivity contribution < 1.29 is 4.74 Å². The molecule has 6 rings (SSSR count). The second-order valence-electron chi connectivity index (χ2n) is 9.39. The molecule has 0 saturated carbocycles. The number of ether oxygens (including phenoxy) is 1. The summed E-state index contributed by atoms with van der Waals surface area (Å²) < 4.78 is 5.70. The maximum Gasteiger partial charge on any atom is 0.206 e. The normalized spacial score (nSPS) is 11.3. The molecule has 1 heterocycles. The zero-order valence-corrected chi connectivity index (χ0v) is 21.9. The summed E-state index contributed by atoms with van der Waals surface area (Å²) in [6, 6.07) is 45.4. The van der Waals surface area contributed by atoms with Gasteiger partial charge in [-0.3, -0.25) is 0 Å². The van der Waals surface area contributed by atoms with Crippen LogP contribution in [0.15, 0.2) is 133 Å². The highest BCUT2D eigenvalue weighted by molar-refractivity contribution is 5.84. The standard InChI is InChI=1S/C34H28N4O/c1-25-31(39-2)24-23-30(26-15-7-3-8-16-26)32(25)33-35-37-38(36-33)34(27-17-9-4-10-18-27,28-19-11-5-12-20-28)29-21-13-6-14-22-29/h3-24H,1-2H3. The summed E-state index contributed by atoms with van der Waals surface area (Å²) >= 11 is 0. The maximum absolute atomic E-state index is 5.70. The average Bonchev–Trinajstić information content (AvgIpc) is 3.49. The van der Waals surface area contributed by atoms with Crippen LogP contribution in [-0.2, 0) is 5.54 Å². The minimum absolute atomic E-state index is 0.539. The van der Waals surface area contributed by atoms with Crippen LogP contribution in [0.25, 0.3) is 22.5 Å². The fraction of sp³-hybridized carbons (Fsp3) is 0.0882. The van der Waals surface area contributed by atoms with Crippen LogP contribution in [0.1, 0.15) is 22.3 Å². The highest BCUT2D eigenvalue weighted by Crippen LogP contribution is 2.41. The van der Waals surface area contributed by atoms with E-state index in [9.17, 15) is 0 Å². The Hall–Kier alpha value is -5.03. The van der Waals surface area contributed by atoms with Gasteiger partial charge in [-0.05, 0) is 52.1 Å². The van der Waals surface area contributed by atoms with Crippen LogP contribution in [0.3, 0.4) is 0 Å². The van der Waals surface area contributed by atoms with Gasteiger partial charge in [-0.15, -0.1) is 15.0 Å². The van der Waals surface area contributed by atoms with Crippen molar-refractivity contribution in [2.45, 2.75) is 12.5 Å². The maximum atomic E-state index is 5.70. The number of methoxy groups -OCH3 is 1. The van der Waals surface area contributed by atoms with Gasteiger partial charge in [0.1, 0.15) is 5.75 Å². The van der Waals surface area contributed by atoms with E-state index in [4.69, 9.17) is 20.1 Å². The van der Waals surface area contributed by atoms with Crippen LogP contribution in [0.2, 0.25) is 0 Å². The predicted octanol–water partition coefficient (Wildman–Crippen LogP) is 7.16. The molecule has 0 aliphatic heterocycles. The summed E-state index contributed by atoms with van der Waals surface area (Å²) in [6.45, 7) is 2.04. The first-order chi connectivity index (χ1) is 19.2. The second kappa shape index (κ2) is 10.4. The summed E-state index contributed by atoms with van der Waals surface area (Å²) in [5.41, 5.74) is 6.24. The van der Waals surface area contributed by atoms with E-state index in [1.807, 2.05) is 85.8 Å². The van der Waals surface area contributed by atoms with E-state index in [0.29, 0.717) is 5.82 Å². The first-order valence-electron chi connectivity index (χ1n) is 12.9. The Labute approximate surface area is 228 Å². The van der Waals surface area contributed by atoms with Gasteiger partial charge in [-0.2, -0.15) is 0 Å². The molecule has 5 heteroatoms. The van der Waals surface area contributed by atoms with E-state index in [-0.39, 0.29) is 0 Å². The van der Waals surface area contributed by atoms with E-state index < -0.39 is 5.54 Å². The van der Waals surface area contributed by atoms with E-state index >= 15 is 0 Å². The van der Waals surface area contributed by atoms with Gasteiger partial charge in [0.15, 0.2) is 5.54 Å². The molecular formula is C34H28N4O. The Kier molecular flexibility index (Phi) is 6.47. The van der Waals surface area contributed by atoms with Crippen LogP contribution >= 0.6 is 0 Å². The molecule has 6 aromatic rings. The molecule has 0 spiro atoms. The van der Waals surface area contributed by atoms with E-state index in [0.717, 1.165) is 44.7 Å². The molecule has 0 bridgehead atoms. The third kappa shape index (κ3) is 4.18. The molecule has 1 aromatic heterocycles. The van der Waals surface area contributed by atoms with Gasteiger partial charge >= 0.3 is 0 Å². The molecule has 0 fully saturated rings. The molecule has 0 amide bonds. The number of hydrogen-bond acceptors (Lipinski definition) is 4. The largest absolute Gasteiger partial charge is 0.496 e. The molecule has 190 valence electrons. The van der Waals surface area contributed by atoms with Crippen LogP contribution < -0.4 is 4.74 Å². The fourth-order valence-electron chi connectivity index (χ4n) is 5.40. The third-order valence-electron chi connectivity index (χ3n) is 7.23. The lowest BCUT2D eigenvalue weighted by Gasteiger charge is -2.34. The summed E-state index contributed by atoms with van der Waals surface area (Å²) in [5.74, 6) is 1.32. The Balaban J connectivity index is 1.65. The lowest BCUT2D eigenvalue weighted by Crippen LogP contribution is -2.39. The SMILES string of the molecule is COc1ccc(-c2ccccc2)c(-c2nnn(C(c3ccccc3)(c3ccccc3)c3ccccc3)n2)c1C. The zero-order valence-electron chi connectivity index (χ0n) is 21.9. The molecular weight excluding hydrogens is 480 g/mol. The van der Waals surface area contributed by atoms with Gasteiger partial charge in [0.2, 0.25) is 5.82 Å². The molecule has 0 saturated heterocycles. The minimum Gasteiger partial charge on any atom is -0.496 e. The van der Waals surface area contributed by atoms with Crippen molar-refractivity contribution >= 4 is 0 Å². The molecule has 5 aromatic carbocycles. The number of nitrogens with zero attached hydrogens (tertiary/aromatic N) is 4. The first-order valence-corrected chi connectivity index (χ1v) is 12.9. The molecule has 0 N–H and O–H groups in total. The Bertz CT molecular complexity index is 1590. The van der Waals surface area contributed by atoms with Crippen molar-refractivity contribution in [2.24, 2.45) is 0 Å². The molecule has 5 nitrogen and oxygen atoms in total. The van der Waals surface area contributed by atoms with Gasteiger partial charge in [-0.25, -0.2) is 0 Å². The van der Waals surface area contributed by atoms with Crippen molar-refractivity contribution in [3.05, 3.63) is 156 Å². The molecule has 0 aliphatic carbocycles. The number of tetrazole rings is 1. The van der Waals surface area contributed by atoms with Gasteiger partial charge in [0.25, 0.3) is 0 Å². The minimum atomic E-state index is -0.839. The highest BCUT2D eigenvalue weighted by atomic mass is 16.5. The smallest absolute Gasteiger partial charge is 0.206 e. The summed E-state index contributed by atoms with van der Waals surface area (Å²) in [5, 5.41) is 14.6. The summed E-state index contributed by atoms with van der Waals surface area (Å²) in [6.07, 6.45) is 0. The van der Waals surface area contributed by atoms with Crippen LogP contribution in [0, 0.1) is 6.92 Å². The Morgan fingerprint density at radius 3 is 1.59 bits per heavy atom. The Morgan fingerprint density at radius 2 is 1.10 bits per heavy atom. The first kappa shape index (κ1) is 24.3. The molecule has 39 heavy (non-hydrogen) atoms. The lowest BCUT2D eigenvalue weighted by atomic mass is 9.77. The average molecular weight is 509 g/mol. The molecule has 0 radical (unpaired) electrons. The monoisotopic (exact) mass is 508 g/mol.